The van der Waals surface area contributed by atoms with Gasteiger partial charge in [0.1, 0.15) is 11.3 Å². The number of aromatic nitrogens is 3. The van der Waals surface area contributed by atoms with Gasteiger partial charge in [-0.1, -0.05) is 0 Å². The SMILES string of the molecule is CCOc1ccc(S(=O)(=O)N2CCN(CCn3c(C(F)(F)F)nc4cccnc43)CC2)cc1. The number of sulfonamides is 1. The monoisotopic (exact) mass is 483 g/mol. The van der Waals surface area contributed by atoms with E-state index in [-0.39, 0.29) is 35.7 Å². The molecule has 0 radical (unpaired) electrons. The molecule has 0 N–H and O–H groups in total. The Labute approximate surface area is 189 Å². The zero-order valence-electron chi connectivity index (χ0n) is 18.0. The Kier molecular flexibility index (Phi) is 6.59. The van der Waals surface area contributed by atoms with Crippen LogP contribution in [0.2, 0.25) is 0 Å². The number of pyridine rings is 1. The zero-order chi connectivity index (χ0) is 23.6. The number of halogens is 3. The van der Waals surface area contributed by atoms with E-state index >= 15 is 0 Å². The number of alkyl halides is 3. The standard InChI is InChI=1S/C21H24F3N5O3S/c1-2-32-16-5-7-17(8-6-16)33(30,31)28-13-10-27(11-14-28)12-15-29-19-18(4-3-9-25-19)26-20(29)21(22,23)24/h3-9H,2,10-15H2,1H3. The number of nitrogens with zero attached hydrogens (tertiary/aromatic N) is 5. The fourth-order valence-electron chi connectivity index (χ4n) is 3.85. The van der Waals surface area contributed by atoms with Crippen LogP contribution in [0.3, 0.4) is 0 Å². The Balaban J connectivity index is 1.40. The van der Waals surface area contributed by atoms with Crippen LogP contribution in [0, 0.1) is 0 Å². The highest BCUT2D eigenvalue weighted by molar-refractivity contribution is 7.89. The van der Waals surface area contributed by atoms with Gasteiger partial charge in [-0.15, -0.1) is 0 Å². The molecule has 1 aliphatic heterocycles. The van der Waals surface area contributed by atoms with E-state index in [1.54, 1.807) is 18.2 Å². The summed E-state index contributed by atoms with van der Waals surface area (Å²) in [6.45, 7) is 4.05. The molecule has 33 heavy (non-hydrogen) atoms. The van der Waals surface area contributed by atoms with E-state index in [0.717, 1.165) is 4.57 Å². The number of benzene rings is 1. The quantitative estimate of drug-likeness (QED) is 0.514. The summed E-state index contributed by atoms with van der Waals surface area (Å²) in [7, 11) is -3.65. The van der Waals surface area contributed by atoms with E-state index in [1.807, 2.05) is 11.8 Å². The Morgan fingerprint density at radius 3 is 2.36 bits per heavy atom. The second-order valence-corrected chi connectivity index (χ2v) is 9.52. The Morgan fingerprint density at radius 1 is 1.03 bits per heavy atom. The predicted molar refractivity (Wildman–Crippen MR) is 115 cm³/mol. The molecule has 2 aromatic heterocycles. The van der Waals surface area contributed by atoms with E-state index < -0.39 is 22.0 Å². The molecule has 0 aliphatic carbocycles. The number of ether oxygens (including phenoxy) is 1. The molecule has 0 unspecified atom stereocenters. The second kappa shape index (κ2) is 9.27. The molecule has 0 atom stereocenters. The van der Waals surface area contributed by atoms with E-state index in [4.69, 9.17) is 4.74 Å². The lowest BCUT2D eigenvalue weighted by Crippen LogP contribution is -2.49. The second-order valence-electron chi connectivity index (χ2n) is 7.58. The third-order valence-corrected chi connectivity index (χ3v) is 7.41. The van der Waals surface area contributed by atoms with Crippen LogP contribution in [0.4, 0.5) is 13.2 Å². The predicted octanol–water partition coefficient (Wildman–Crippen LogP) is 2.86. The first-order valence-electron chi connectivity index (χ1n) is 10.5. The van der Waals surface area contributed by atoms with E-state index in [0.29, 0.717) is 32.0 Å². The first-order valence-corrected chi connectivity index (χ1v) is 12.0. The van der Waals surface area contributed by atoms with E-state index in [1.165, 1.54) is 28.7 Å². The summed E-state index contributed by atoms with van der Waals surface area (Å²) in [5, 5.41) is 0. The van der Waals surface area contributed by atoms with Crippen molar-refractivity contribution >= 4 is 21.2 Å². The number of fused-ring (bicyclic) bond motifs is 1. The van der Waals surface area contributed by atoms with Gasteiger partial charge in [0, 0.05) is 45.5 Å². The molecular weight excluding hydrogens is 459 g/mol. The number of piperazine rings is 1. The van der Waals surface area contributed by atoms with Gasteiger partial charge >= 0.3 is 6.18 Å². The van der Waals surface area contributed by atoms with Gasteiger partial charge in [-0.25, -0.2) is 18.4 Å². The fraction of sp³-hybridized carbons (Fsp3) is 0.429. The van der Waals surface area contributed by atoms with Gasteiger partial charge < -0.3 is 9.30 Å². The van der Waals surface area contributed by atoms with Crippen LogP contribution < -0.4 is 4.74 Å². The minimum absolute atomic E-state index is 0.0496. The molecule has 1 aliphatic rings. The summed E-state index contributed by atoms with van der Waals surface area (Å²) in [5.74, 6) is -0.381. The third kappa shape index (κ3) is 4.97. The third-order valence-electron chi connectivity index (χ3n) is 5.50. The molecular formula is C21H24F3N5O3S. The Morgan fingerprint density at radius 2 is 1.73 bits per heavy atom. The summed E-state index contributed by atoms with van der Waals surface area (Å²) < 4.78 is 74.1. The van der Waals surface area contributed by atoms with Crippen LogP contribution in [0.15, 0.2) is 47.5 Å². The van der Waals surface area contributed by atoms with Crippen LogP contribution in [-0.4, -0.2) is 71.5 Å². The van der Waals surface area contributed by atoms with Gasteiger partial charge in [0.15, 0.2) is 5.65 Å². The normalized spacial score (nSPS) is 16.4. The van der Waals surface area contributed by atoms with Crippen molar-refractivity contribution in [2.24, 2.45) is 0 Å². The van der Waals surface area contributed by atoms with Crippen molar-refractivity contribution in [1.82, 2.24) is 23.7 Å². The molecule has 1 saturated heterocycles. The highest BCUT2D eigenvalue weighted by atomic mass is 32.2. The van der Waals surface area contributed by atoms with Crippen LogP contribution in [0.1, 0.15) is 12.7 Å². The molecule has 0 bridgehead atoms. The van der Waals surface area contributed by atoms with Crippen molar-refractivity contribution < 1.29 is 26.3 Å². The molecule has 1 fully saturated rings. The molecule has 178 valence electrons. The number of rotatable bonds is 7. The lowest BCUT2D eigenvalue weighted by Gasteiger charge is -2.34. The van der Waals surface area contributed by atoms with Crippen LogP contribution in [0.25, 0.3) is 11.2 Å². The fourth-order valence-corrected chi connectivity index (χ4v) is 5.27. The first-order chi connectivity index (χ1) is 15.7. The first kappa shape index (κ1) is 23.5. The average molecular weight is 484 g/mol. The van der Waals surface area contributed by atoms with Crippen molar-refractivity contribution in [3.05, 3.63) is 48.4 Å². The molecule has 3 heterocycles. The van der Waals surface area contributed by atoms with Crippen molar-refractivity contribution in [1.29, 1.82) is 0 Å². The number of imidazole rings is 1. The van der Waals surface area contributed by atoms with E-state index in [9.17, 15) is 21.6 Å². The topological polar surface area (TPSA) is 80.6 Å². The van der Waals surface area contributed by atoms with Gasteiger partial charge in [-0.05, 0) is 43.3 Å². The average Bonchev–Trinajstić information content (AvgIpc) is 3.18. The van der Waals surface area contributed by atoms with Crippen LogP contribution >= 0.6 is 0 Å². The minimum atomic E-state index is -4.59. The summed E-state index contributed by atoms with van der Waals surface area (Å²) in [4.78, 5) is 9.89. The van der Waals surface area contributed by atoms with Gasteiger partial charge in [0.05, 0.1) is 11.5 Å². The Bertz CT molecular complexity index is 1200. The van der Waals surface area contributed by atoms with Gasteiger partial charge in [0.2, 0.25) is 15.8 Å². The van der Waals surface area contributed by atoms with Crippen molar-refractivity contribution in [3.63, 3.8) is 0 Å². The number of hydrogen-bond donors (Lipinski definition) is 0. The molecule has 8 nitrogen and oxygen atoms in total. The van der Waals surface area contributed by atoms with Gasteiger partial charge in [0.25, 0.3) is 0 Å². The van der Waals surface area contributed by atoms with E-state index in [2.05, 4.69) is 9.97 Å². The van der Waals surface area contributed by atoms with Crippen LogP contribution in [0.5, 0.6) is 5.75 Å². The summed E-state index contributed by atoms with van der Waals surface area (Å²) >= 11 is 0. The minimum Gasteiger partial charge on any atom is -0.494 e. The highest BCUT2D eigenvalue weighted by Gasteiger charge is 2.38. The largest absolute Gasteiger partial charge is 0.494 e. The maximum Gasteiger partial charge on any atom is 0.449 e. The lowest BCUT2D eigenvalue weighted by atomic mass is 10.3. The Hall–Kier alpha value is -2.70. The van der Waals surface area contributed by atoms with Gasteiger partial charge in [-0.2, -0.15) is 17.5 Å². The van der Waals surface area contributed by atoms with Crippen LogP contribution in [-0.2, 0) is 22.7 Å². The molecule has 3 aromatic rings. The summed E-state index contributed by atoms with van der Waals surface area (Å²) in [5.41, 5.74) is 0.373. The lowest BCUT2D eigenvalue weighted by molar-refractivity contribution is -0.147. The maximum atomic E-state index is 13.5. The molecule has 1 aromatic carbocycles. The zero-order valence-corrected chi connectivity index (χ0v) is 18.8. The molecule has 0 spiro atoms. The van der Waals surface area contributed by atoms with Crippen molar-refractivity contribution in [2.75, 3.05) is 39.3 Å². The number of hydrogen-bond acceptors (Lipinski definition) is 6. The maximum absolute atomic E-state index is 13.5. The van der Waals surface area contributed by atoms with Crippen molar-refractivity contribution in [2.45, 2.75) is 24.5 Å². The molecule has 4 rings (SSSR count). The highest BCUT2D eigenvalue weighted by Crippen LogP contribution is 2.31. The molecule has 12 heteroatoms. The molecule has 0 amide bonds. The smallest absolute Gasteiger partial charge is 0.449 e. The summed E-state index contributed by atoms with van der Waals surface area (Å²) in [6, 6.07) is 9.32. The van der Waals surface area contributed by atoms with Gasteiger partial charge in [-0.3, -0.25) is 4.90 Å². The summed E-state index contributed by atoms with van der Waals surface area (Å²) in [6.07, 6.45) is -3.16. The van der Waals surface area contributed by atoms with Crippen molar-refractivity contribution in [3.8, 4) is 5.75 Å². The molecule has 0 saturated carbocycles.